The van der Waals surface area contributed by atoms with Gasteiger partial charge in [0.15, 0.2) is 0 Å². The van der Waals surface area contributed by atoms with Gasteiger partial charge in [0.2, 0.25) is 5.91 Å². The number of aryl methyl sites for hydroxylation is 1. The quantitative estimate of drug-likeness (QED) is 0.791. The number of nitriles is 1. The van der Waals surface area contributed by atoms with E-state index in [1.54, 1.807) is 6.20 Å². The van der Waals surface area contributed by atoms with Crippen LogP contribution in [0.5, 0.6) is 0 Å². The second-order valence-corrected chi connectivity index (χ2v) is 3.75. The monoisotopic (exact) mass is 228 g/mol. The molecule has 0 fully saturated rings. The molecule has 0 aliphatic carbocycles. The Hall–Kier alpha value is -2.35. The van der Waals surface area contributed by atoms with E-state index in [4.69, 9.17) is 5.26 Å². The second-order valence-electron chi connectivity index (χ2n) is 3.75. The average molecular weight is 228 g/mol. The number of carbonyl (C=O) groups excluding carboxylic acids is 1. The molecule has 0 aliphatic heterocycles. The van der Waals surface area contributed by atoms with Crippen LogP contribution in [0.2, 0.25) is 0 Å². The number of amides is 1. The van der Waals surface area contributed by atoms with Crippen molar-refractivity contribution in [1.82, 2.24) is 14.7 Å². The number of pyridine rings is 1. The van der Waals surface area contributed by atoms with Crippen molar-refractivity contribution >= 4 is 11.6 Å². The maximum Gasteiger partial charge on any atom is 0.226 e. The lowest BCUT2D eigenvalue weighted by Gasteiger charge is -2.02. The van der Waals surface area contributed by atoms with Crippen molar-refractivity contribution in [3.05, 3.63) is 35.8 Å². The molecule has 0 spiro atoms. The van der Waals surface area contributed by atoms with Crippen LogP contribution in [0.3, 0.4) is 0 Å². The third kappa shape index (κ3) is 2.26. The highest BCUT2D eigenvalue weighted by Crippen LogP contribution is 2.11. The van der Waals surface area contributed by atoms with Crippen LogP contribution in [0.25, 0.3) is 5.65 Å². The Morgan fingerprint density at radius 3 is 3.24 bits per heavy atom. The normalized spacial score (nSPS) is 10.1. The van der Waals surface area contributed by atoms with Crippen molar-refractivity contribution in [3.63, 3.8) is 0 Å². The molecule has 17 heavy (non-hydrogen) atoms. The Kier molecular flexibility index (Phi) is 3.06. The van der Waals surface area contributed by atoms with Crippen molar-refractivity contribution < 1.29 is 4.79 Å². The van der Waals surface area contributed by atoms with Gasteiger partial charge in [-0.15, -0.1) is 0 Å². The lowest BCUT2D eigenvalue weighted by molar-refractivity contribution is -0.120. The van der Waals surface area contributed by atoms with Crippen LogP contribution in [0.1, 0.15) is 11.3 Å². The molecule has 0 saturated heterocycles. The molecule has 0 bridgehead atoms. The van der Waals surface area contributed by atoms with Gasteiger partial charge in [-0.1, -0.05) is 6.07 Å². The first kappa shape index (κ1) is 11.1. The number of fused-ring (bicyclic) bond motifs is 1. The summed E-state index contributed by atoms with van der Waals surface area (Å²) in [4.78, 5) is 15.8. The van der Waals surface area contributed by atoms with Gasteiger partial charge in [0, 0.05) is 12.4 Å². The van der Waals surface area contributed by atoms with E-state index in [0.717, 1.165) is 16.9 Å². The Labute approximate surface area is 98.7 Å². The van der Waals surface area contributed by atoms with Gasteiger partial charge in [0.1, 0.15) is 12.2 Å². The Bertz CT molecular complexity index is 594. The third-order valence-electron chi connectivity index (χ3n) is 2.51. The first-order chi connectivity index (χ1) is 8.22. The minimum Gasteiger partial charge on any atom is -0.343 e. The van der Waals surface area contributed by atoms with E-state index < -0.39 is 0 Å². The molecule has 5 heteroatoms. The summed E-state index contributed by atoms with van der Waals surface area (Å²) in [5.74, 6) is -0.171. The SMILES string of the molecule is Cc1cccn2c(CC(=O)NCC#N)cnc12. The molecule has 2 aromatic heterocycles. The van der Waals surface area contributed by atoms with Crippen LogP contribution in [0, 0.1) is 18.3 Å². The fourth-order valence-electron chi connectivity index (χ4n) is 1.70. The van der Waals surface area contributed by atoms with Gasteiger partial charge in [0.05, 0.1) is 18.2 Å². The molecule has 0 aromatic carbocycles. The van der Waals surface area contributed by atoms with E-state index in [1.165, 1.54) is 0 Å². The number of hydrogen-bond acceptors (Lipinski definition) is 3. The number of aromatic nitrogens is 2. The van der Waals surface area contributed by atoms with Gasteiger partial charge in [-0.2, -0.15) is 5.26 Å². The average Bonchev–Trinajstić information content (AvgIpc) is 2.71. The molecule has 0 saturated carbocycles. The van der Waals surface area contributed by atoms with E-state index in [0.29, 0.717) is 0 Å². The van der Waals surface area contributed by atoms with Crippen LogP contribution in [-0.2, 0) is 11.2 Å². The summed E-state index contributed by atoms with van der Waals surface area (Å²) in [5.41, 5.74) is 2.74. The molecule has 2 rings (SSSR count). The molecule has 0 atom stereocenters. The second kappa shape index (κ2) is 4.66. The van der Waals surface area contributed by atoms with Gasteiger partial charge < -0.3 is 9.72 Å². The highest BCUT2D eigenvalue weighted by atomic mass is 16.1. The summed E-state index contributed by atoms with van der Waals surface area (Å²) in [6.45, 7) is 2.01. The molecule has 86 valence electrons. The maximum absolute atomic E-state index is 11.5. The highest BCUT2D eigenvalue weighted by Gasteiger charge is 2.08. The van der Waals surface area contributed by atoms with Gasteiger partial charge >= 0.3 is 0 Å². The number of hydrogen-bond donors (Lipinski definition) is 1. The first-order valence-corrected chi connectivity index (χ1v) is 5.27. The number of nitrogens with zero attached hydrogens (tertiary/aromatic N) is 3. The molecule has 2 heterocycles. The fraction of sp³-hybridized carbons (Fsp3) is 0.250. The summed E-state index contributed by atoms with van der Waals surface area (Å²) in [7, 11) is 0. The van der Waals surface area contributed by atoms with Crippen molar-refractivity contribution in [2.45, 2.75) is 13.3 Å². The number of nitrogens with one attached hydrogen (secondary N) is 1. The Balaban J connectivity index is 2.23. The minimum absolute atomic E-state index is 0.0363. The van der Waals surface area contributed by atoms with Gasteiger partial charge in [-0.25, -0.2) is 4.98 Å². The number of rotatable bonds is 3. The number of carbonyl (C=O) groups is 1. The number of imidazole rings is 1. The molecular formula is C12H12N4O. The predicted molar refractivity (Wildman–Crippen MR) is 62.3 cm³/mol. The van der Waals surface area contributed by atoms with Gasteiger partial charge in [-0.3, -0.25) is 4.79 Å². The van der Waals surface area contributed by atoms with Gasteiger partial charge in [-0.05, 0) is 18.6 Å². The molecule has 5 nitrogen and oxygen atoms in total. The zero-order valence-electron chi connectivity index (χ0n) is 9.47. The van der Waals surface area contributed by atoms with Crippen molar-refractivity contribution in [2.24, 2.45) is 0 Å². The molecule has 1 N–H and O–H groups in total. The standard InChI is InChI=1S/C12H12N4O/c1-9-3-2-6-16-10(8-15-12(9)16)7-11(17)14-5-4-13/h2-3,6,8H,5,7H2,1H3,(H,14,17). The van der Waals surface area contributed by atoms with E-state index in [9.17, 15) is 4.79 Å². The predicted octanol–water partition coefficient (Wildman–Crippen LogP) is 0.825. The van der Waals surface area contributed by atoms with Crippen molar-refractivity contribution in [3.8, 4) is 6.07 Å². The van der Waals surface area contributed by atoms with E-state index in [1.807, 2.05) is 35.7 Å². The van der Waals surface area contributed by atoms with E-state index >= 15 is 0 Å². The largest absolute Gasteiger partial charge is 0.343 e. The smallest absolute Gasteiger partial charge is 0.226 e. The van der Waals surface area contributed by atoms with Crippen molar-refractivity contribution in [1.29, 1.82) is 5.26 Å². The highest BCUT2D eigenvalue weighted by molar-refractivity contribution is 5.78. The summed E-state index contributed by atoms with van der Waals surface area (Å²) in [5, 5.41) is 10.9. The zero-order valence-corrected chi connectivity index (χ0v) is 9.47. The molecule has 2 aromatic rings. The maximum atomic E-state index is 11.5. The third-order valence-corrected chi connectivity index (χ3v) is 2.51. The minimum atomic E-state index is -0.171. The molecule has 0 aliphatic rings. The van der Waals surface area contributed by atoms with Crippen molar-refractivity contribution in [2.75, 3.05) is 6.54 Å². The zero-order chi connectivity index (χ0) is 12.3. The summed E-state index contributed by atoms with van der Waals surface area (Å²) < 4.78 is 1.89. The fourth-order valence-corrected chi connectivity index (χ4v) is 1.70. The molecule has 0 radical (unpaired) electrons. The summed E-state index contributed by atoms with van der Waals surface area (Å²) in [6, 6.07) is 5.76. The summed E-state index contributed by atoms with van der Waals surface area (Å²) in [6.07, 6.45) is 3.79. The van der Waals surface area contributed by atoms with E-state index in [2.05, 4.69) is 10.3 Å². The van der Waals surface area contributed by atoms with Gasteiger partial charge in [0.25, 0.3) is 0 Å². The molecule has 1 amide bonds. The van der Waals surface area contributed by atoms with E-state index in [-0.39, 0.29) is 18.9 Å². The van der Waals surface area contributed by atoms with Crippen LogP contribution in [0.4, 0.5) is 0 Å². The molecular weight excluding hydrogens is 216 g/mol. The lowest BCUT2D eigenvalue weighted by Crippen LogP contribution is -2.25. The molecule has 0 unspecified atom stereocenters. The van der Waals surface area contributed by atoms with Crippen LogP contribution in [-0.4, -0.2) is 21.8 Å². The summed E-state index contributed by atoms with van der Waals surface area (Å²) >= 11 is 0. The van der Waals surface area contributed by atoms with Crippen LogP contribution in [0.15, 0.2) is 24.5 Å². The lowest BCUT2D eigenvalue weighted by atomic mass is 10.3. The first-order valence-electron chi connectivity index (χ1n) is 5.27. The van der Waals surface area contributed by atoms with Crippen LogP contribution >= 0.6 is 0 Å². The topological polar surface area (TPSA) is 70.2 Å². The Morgan fingerprint density at radius 2 is 2.47 bits per heavy atom. The Morgan fingerprint density at radius 1 is 1.65 bits per heavy atom. The van der Waals surface area contributed by atoms with Crippen LogP contribution < -0.4 is 5.32 Å².